The van der Waals surface area contributed by atoms with E-state index in [4.69, 9.17) is 4.74 Å². The quantitative estimate of drug-likeness (QED) is 0.824. The molecule has 0 radical (unpaired) electrons. The molecule has 0 spiro atoms. The maximum atomic E-state index is 12.1. The third-order valence-corrected chi connectivity index (χ3v) is 4.65. The van der Waals surface area contributed by atoms with Crippen LogP contribution in [0.3, 0.4) is 0 Å². The number of piperidine rings is 1. The van der Waals surface area contributed by atoms with Gasteiger partial charge in [-0.25, -0.2) is 4.79 Å². The fourth-order valence-corrected chi connectivity index (χ4v) is 3.28. The zero-order valence-electron chi connectivity index (χ0n) is 13.9. The van der Waals surface area contributed by atoms with E-state index in [9.17, 15) is 9.59 Å². The SMILES string of the molecule is O=C(CCc1ccccc1)NC1CCN(C[C@@H]2CNC(=O)O2)CC1. The van der Waals surface area contributed by atoms with E-state index in [1.54, 1.807) is 0 Å². The van der Waals surface area contributed by atoms with Gasteiger partial charge in [0, 0.05) is 32.1 Å². The van der Waals surface area contributed by atoms with E-state index in [2.05, 4.69) is 27.7 Å². The van der Waals surface area contributed by atoms with E-state index in [0.29, 0.717) is 13.0 Å². The third-order valence-electron chi connectivity index (χ3n) is 4.65. The molecule has 2 aliphatic rings. The van der Waals surface area contributed by atoms with Gasteiger partial charge >= 0.3 is 6.09 Å². The van der Waals surface area contributed by atoms with Crippen LogP contribution in [0.15, 0.2) is 30.3 Å². The van der Waals surface area contributed by atoms with Crippen molar-refractivity contribution in [1.29, 1.82) is 0 Å². The van der Waals surface area contributed by atoms with E-state index in [1.807, 2.05) is 18.2 Å². The first kappa shape index (κ1) is 16.8. The minimum absolute atomic E-state index is 0.0467. The minimum atomic E-state index is -0.319. The Labute approximate surface area is 142 Å². The van der Waals surface area contributed by atoms with Crippen molar-refractivity contribution in [3.63, 3.8) is 0 Å². The molecule has 2 N–H and O–H groups in total. The molecule has 2 fully saturated rings. The van der Waals surface area contributed by atoms with Crippen molar-refractivity contribution in [1.82, 2.24) is 15.5 Å². The van der Waals surface area contributed by atoms with Gasteiger partial charge in [-0.05, 0) is 24.8 Å². The van der Waals surface area contributed by atoms with Gasteiger partial charge in [-0.3, -0.25) is 9.69 Å². The van der Waals surface area contributed by atoms with Gasteiger partial charge in [-0.1, -0.05) is 30.3 Å². The molecule has 0 aromatic heterocycles. The monoisotopic (exact) mass is 331 g/mol. The smallest absolute Gasteiger partial charge is 0.407 e. The number of ether oxygens (including phenoxy) is 1. The largest absolute Gasteiger partial charge is 0.443 e. The molecule has 0 aliphatic carbocycles. The highest BCUT2D eigenvalue weighted by Gasteiger charge is 2.27. The van der Waals surface area contributed by atoms with E-state index in [-0.39, 0.29) is 24.1 Å². The summed E-state index contributed by atoms with van der Waals surface area (Å²) < 4.78 is 5.17. The molecule has 2 heterocycles. The van der Waals surface area contributed by atoms with Crippen LogP contribution in [0, 0.1) is 0 Å². The van der Waals surface area contributed by atoms with Crippen LogP contribution < -0.4 is 10.6 Å². The van der Waals surface area contributed by atoms with E-state index in [0.717, 1.165) is 38.9 Å². The number of nitrogens with zero attached hydrogens (tertiary/aromatic N) is 1. The van der Waals surface area contributed by atoms with Gasteiger partial charge in [0.1, 0.15) is 6.10 Å². The van der Waals surface area contributed by atoms with Gasteiger partial charge < -0.3 is 15.4 Å². The maximum absolute atomic E-state index is 12.1. The normalized spacial score (nSPS) is 22.0. The summed E-state index contributed by atoms with van der Waals surface area (Å²) in [6.45, 7) is 3.22. The molecule has 130 valence electrons. The van der Waals surface area contributed by atoms with E-state index in [1.165, 1.54) is 5.56 Å². The Bertz CT molecular complexity index is 556. The summed E-state index contributed by atoms with van der Waals surface area (Å²) in [7, 11) is 0. The molecule has 24 heavy (non-hydrogen) atoms. The molecule has 6 heteroatoms. The van der Waals surface area contributed by atoms with E-state index >= 15 is 0 Å². The number of cyclic esters (lactones) is 1. The predicted molar refractivity (Wildman–Crippen MR) is 90.6 cm³/mol. The second-order valence-corrected chi connectivity index (χ2v) is 6.54. The zero-order valence-corrected chi connectivity index (χ0v) is 13.9. The van der Waals surface area contributed by atoms with Crippen LogP contribution in [0.25, 0.3) is 0 Å². The number of carbonyl (C=O) groups is 2. The highest BCUT2D eigenvalue weighted by molar-refractivity contribution is 5.76. The predicted octanol–water partition coefficient (Wildman–Crippen LogP) is 1.31. The average Bonchev–Trinajstić information content (AvgIpc) is 3.01. The molecule has 0 saturated carbocycles. The Morgan fingerprint density at radius 2 is 2.00 bits per heavy atom. The van der Waals surface area contributed by atoms with Crippen molar-refractivity contribution in [2.75, 3.05) is 26.2 Å². The number of benzene rings is 1. The molecule has 1 atom stereocenters. The number of alkyl carbamates (subject to hydrolysis) is 1. The third kappa shape index (κ3) is 4.96. The van der Waals surface area contributed by atoms with Gasteiger partial charge in [0.15, 0.2) is 0 Å². The highest BCUT2D eigenvalue weighted by atomic mass is 16.6. The van der Waals surface area contributed by atoms with Crippen molar-refractivity contribution in [3.05, 3.63) is 35.9 Å². The number of carbonyl (C=O) groups excluding carboxylic acids is 2. The molecule has 3 rings (SSSR count). The summed E-state index contributed by atoms with van der Waals surface area (Å²) in [5, 5.41) is 5.82. The Balaban J connectivity index is 1.33. The van der Waals surface area contributed by atoms with Crippen LogP contribution >= 0.6 is 0 Å². The molecule has 0 unspecified atom stereocenters. The number of hydrogen-bond donors (Lipinski definition) is 2. The fourth-order valence-electron chi connectivity index (χ4n) is 3.28. The van der Waals surface area contributed by atoms with Crippen molar-refractivity contribution < 1.29 is 14.3 Å². The van der Waals surface area contributed by atoms with Crippen molar-refractivity contribution in [2.45, 2.75) is 37.8 Å². The minimum Gasteiger partial charge on any atom is -0.443 e. The second-order valence-electron chi connectivity index (χ2n) is 6.54. The summed E-state index contributed by atoms with van der Waals surface area (Å²) in [6, 6.07) is 10.3. The number of rotatable bonds is 6. The van der Waals surface area contributed by atoms with Crippen LogP contribution in [0.2, 0.25) is 0 Å². The Kier molecular flexibility index (Phi) is 5.69. The lowest BCUT2D eigenvalue weighted by atomic mass is 10.0. The van der Waals surface area contributed by atoms with Crippen LogP contribution in [0.1, 0.15) is 24.8 Å². The Morgan fingerprint density at radius 3 is 2.67 bits per heavy atom. The first-order valence-corrected chi connectivity index (χ1v) is 8.69. The van der Waals surface area contributed by atoms with Crippen molar-refractivity contribution in [3.8, 4) is 0 Å². The summed E-state index contributed by atoms with van der Waals surface area (Å²) in [5.41, 5.74) is 1.20. The zero-order chi connectivity index (χ0) is 16.8. The lowest BCUT2D eigenvalue weighted by Crippen LogP contribution is -2.46. The molecule has 6 nitrogen and oxygen atoms in total. The molecular formula is C18H25N3O3. The molecule has 2 aliphatic heterocycles. The summed E-state index contributed by atoms with van der Waals surface area (Å²) in [6.07, 6.45) is 2.85. The topological polar surface area (TPSA) is 70.7 Å². The number of amides is 2. The average molecular weight is 331 g/mol. The summed E-state index contributed by atoms with van der Waals surface area (Å²) in [5.74, 6) is 0.131. The molecule has 1 aromatic carbocycles. The molecular weight excluding hydrogens is 306 g/mol. The number of nitrogens with one attached hydrogen (secondary N) is 2. The first-order chi connectivity index (χ1) is 11.7. The second kappa shape index (κ2) is 8.15. The van der Waals surface area contributed by atoms with Gasteiger partial charge in [-0.15, -0.1) is 0 Å². The summed E-state index contributed by atoms with van der Waals surface area (Å²) >= 11 is 0. The van der Waals surface area contributed by atoms with E-state index < -0.39 is 0 Å². The highest BCUT2D eigenvalue weighted by Crippen LogP contribution is 2.13. The van der Waals surface area contributed by atoms with Crippen LogP contribution in [0.4, 0.5) is 4.79 Å². The fraction of sp³-hybridized carbons (Fsp3) is 0.556. The first-order valence-electron chi connectivity index (χ1n) is 8.69. The van der Waals surface area contributed by atoms with Gasteiger partial charge in [0.05, 0.1) is 6.54 Å². The van der Waals surface area contributed by atoms with Crippen LogP contribution in [-0.2, 0) is 16.0 Å². The maximum Gasteiger partial charge on any atom is 0.407 e. The lowest BCUT2D eigenvalue weighted by Gasteiger charge is -2.33. The van der Waals surface area contributed by atoms with Crippen LogP contribution in [0.5, 0.6) is 0 Å². The Hall–Kier alpha value is -2.08. The number of hydrogen-bond acceptors (Lipinski definition) is 4. The molecule has 2 amide bonds. The lowest BCUT2D eigenvalue weighted by molar-refractivity contribution is -0.122. The molecule has 0 bridgehead atoms. The number of likely N-dealkylation sites (tertiary alicyclic amines) is 1. The van der Waals surface area contributed by atoms with Gasteiger partial charge in [-0.2, -0.15) is 0 Å². The standard InChI is InChI=1S/C18H25N3O3/c22-17(7-6-14-4-2-1-3-5-14)20-15-8-10-21(11-9-15)13-16-12-19-18(23)24-16/h1-5,15-16H,6-13H2,(H,19,23)(H,20,22)/t16-/m0/s1. The Morgan fingerprint density at radius 1 is 1.25 bits per heavy atom. The van der Waals surface area contributed by atoms with Gasteiger partial charge in [0.25, 0.3) is 0 Å². The number of aryl methyl sites for hydroxylation is 1. The van der Waals surface area contributed by atoms with Crippen molar-refractivity contribution in [2.24, 2.45) is 0 Å². The van der Waals surface area contributed by atoms with Gasteiger partial charge in [0.2, 0.25) is 5.91 Å². The van der Waals surface area contributed by atoms with Crippen molar-refractivity contribution >= 4 is 12.0 Å². The molecule has 2 saturated heterocycles. The van der Waals surface area contributed by atoms with Crippen LogP contribution in [-0.4, -0.2) is 55.2 Å². The summed E-state index contributed by atoms with van der Waals surface area (Å²) in [4.78, 5) is 25.4. The molecule has 1 aromatic rings.